The second-order valence-corrected chi connectivity index (χ2v) is 8.57. The molecule has 1 fully saturated rings. The van der Waals surface area contributed by atoms with E-state index in [2.05, 4.69) is 21.2 Å². The lowest BCUT2D eigenvalue weighted by Gasteiger charge is -2.24. The average molecular weight is 479 g/mol. The summed E-state index contributed by atoms with van der Waals surface area (Å²) in [6.45, 7) is 4.02. The molecule has 1 aliphatic heterocycles. The molecule has 0 bridgehead atoms. The van der Waals surface area contributed by atoms with Gasteiger partial charge in [0.25, 0.3) is 5.91 Å². The largest absolute Gasteiger partial charge is 0.495 e. The van der Waals surface area contributed by atoms with Gasteiger partial charge in [0.15, 0.2) is 0 Å². The number of rotatable bonds is 5. The molecule has 0 aliphatic carbocycles. The first-order valence-electron chi connectivity index (χ1n) is 9.04. The molecule has 0 saturated carbocycles. The molecule has 3 rings (SSSR count). The summed E-state index contributed by atoms with van der Waals surface area (Å²) in [4.78, 5) is 27.6. The van der Waals surface area contributed by atoms with Crippen LogP contribution in [0.25, 0.3) is 0 Å². The van der Waals surface area contributed by atoms with Gasteiger partial charge in [0.05, 0.1) is 20.1 Å². The van der Waals surface area contributed by atoms with Crippen molar-refractivity contribution in [3.8, 4) is 11.5 Å². The Kier molecular flexibility index (Phi) is 6.74. The molecule has 1 heterocycles. The smallest absolute Gasteiger partial charge is 0.255 e. The van der Waals surface area contributed by atoms with E-state index in [-0.39, 0.29) is 11.8 Å². The third-order valence-electron chi connectivity index (χ3n) is 4.91. The van der Waals surface area contributed by atoms with Crippen molar-refractivity contribution in [1.82, 2.24) is 4.90 Å². The van der Waals surface area contributed by atoms with E-state index in [1.54, 1.807) is 28.8 Å². The minimum atomic E-state index is -0.547. The monoisotopic (exact) mass is 478 g/mol. The summed E-state index contributed by atoms with van der Waals surface area (Å²) in [5.41, 5.74) is 3.41. The van der Waals surface area contributed by atoms with Crippen LogP contribution in [0.15, 0.2) is 34.8 Å². The second-order valence-electron chi connectivity index (χ2n) is 6.77. The topological polar surface area (TPSA) is 67.9 Å². The Morgan fingerprint density at radius 1 is 1.10 bits per heavy atom. The number of aryl methyl sites for hydroxylation is 2. The lowest BCUT2D eigenvalue weighted by Crippen LogP contribution is -2.44. The van der Waals surface area contributed by atoms with Gasteiger partial charge in [-0.15, -0.1) is 11.8 Å². The molecule has 0 spiro atoms. The van der Waals surface area contributed by atoms with E-state index >= 15 is 0 Å². The summed E-state index contributed by atoms with van der Waals surface area (Å²) in [5, 5.41) is 2.94. The molecule has 2 aromatic rings. The molecule has 154 valence electrons. The molecule has 1 saturated heterocycles. The minimum absolute atomic E-state index is 0.192. The van der Waals surface area contributed by atoms with Gasteiger partial charge in [0.1, 0.15) is 22.0 Å². The first kappa shape index (κ1) is 21.5. The Hall–Kier alpha value is -2.19. The van der Waals surface area contributed by atoms with Crippen LogP contribution in [-0.2, 0) is 4.79 Å². The molecule has 2 amide bonds. The van der Waals surface area contributed by atoms with Gasteiger partial charge in [0.2, 0.25) is 5.91 Å². The number of anilines is 1. The summed E-state index contributed by atoms with van der Waals surface area (Å²) >= 11 is 4.96. The summed E-state index contributed by atoms with van der Waals surface area (Å²) in [6.07, 6.45) is 0. The van der Waals surface area contributed by atoms with E-state index in [0.29, 0.717) is 33.2 Å². The van der Waals surface area contributed by atoms with Gasteiger partial charge >= 0.3 is 0 Å². The molecule has 8 heteroatoms. The van der Waals surface area contributed by atoms with Crippen LogP contribution in [0.4, 0.5) is 5.69 Å². The van der Waals surface area contributed by atoms with E-state index in [1.807, 2.05) is 32.0 Å². The molecule has 1 aliphatic rings. The number of ether oxygens (including phenoxy) is 2. The van der Waals surface area contributed by atoms with Gasteiger partial charge in [-0.1, -0.05) is 6.07 Å². The number of thioether (sulfide) groups is 1. The highest BCUT2D eigenvalue weighted by atomic mass is 79.9. The normalized spacial score (nSPS) is 15.9. The highest BCUT2D eigenvalue weighted by Crippen LogP contribution is 2.36. The predicted molar refractivity (Wildman–Crippen MR) is 119 cm³/mol. The molecular weight excluding hydrogens is 456 g/mol. The maximum Gasteiger partial charge on any atom is 0.255 e. The number of hydrogen-bond donors (Lipinski definition) is 1. The number of carbonyl (C=O) groups excluding carboxylic acids is 2. The van der Waals surface area contributed by atoms with Crippen LogP contribution < -0.4 is 14.8 Å². The third kappa shape index (κ3) is 4.53. The number of halogens is 1. The van der Waals surface area contributed by atoms with Gasteiger partial charge in [-0.2, -0.15) is 0 Å². The average Bonchev–Trinajstić information content (AvgIpc) is 3.20. The number of methoxy groups -OCH3 is 2. The van der Waals surface area contributed by atoms with Crippen LogP contribution >= 0.6 is 27.7 Å². The molecule has 6 nitrogen and oxygen atoms in total. The van der Waals surface area contributed by atoms with Crippen molar-refractivity contribution in [3.63, 3.8) is 0 Å². The minimum Gasteiger partial charge on any atom is -0.495 e. The quantitative estimate of drug-likeness (QED) is 0.695. The number of hydrogen-bond acceptors (Lipinski definition) is 5. The van der Waals surface area contributed by atoms with Crippen LogP contribution in [0.3, 0.4) is 0 Å². The first-order valence-corrected chi connectivity index (χ1v) is 11.0. The highest BCUT2D eigenvalue weighted by molar-refractivity contribution is 9.10. The SMILES string of the molecule is COc1cc(C(=O)N2CSCC2C(=O)Nc2ccc(C)c(C)c2)cc(OC)c1Br. The Morgan fingerprint density at radius 2 is 1.76 bits per heavy atom. The lowest BCUT2D eigenvalue weighted by molar-refractivity contribution is -0.119. The molecule has 2 aromatic carbocycles. The van der Waals surface area contributed by atoms with E-state index in [1.165, 1.54) is 14.2 Å². The number of amides is 2. The van der Waals surface area contributed by atoms with Crippen molar-refractivity contribution in [1.29, 1.82) is 0 Å². The van der Waals surface area contributed by atoms with Gasteiger partial charge in [0, 0.05) is 17.0 Å². The van der Waals surface area contributed by atoms with Crippen LogP contribution in [0.1, 0.15) is 21.5 Å². The van der Waals surface area contributed by atoms with Crippen molar-refractivity contribution in [2.75, 3.05) is 31.2 Å². The molecule has 1 atom stereocenters. The Balaban J connectivity index is 1.82. The second kappa shape index (κ2) is 9.09. The predicted octanol–water partition coefficient (Wildman–Crippen LogP) is 4.24. The maximum atomic E-state index is 13.2. The molecular formula is C21H23BrN2O4S. The zero-order valence-corrected chi connectivity index (χ0v) is 19.1. The summed E-state index contributed by atoms with van der Waals surface area (Å²) in [7, 11) is 3.05. The zero-order chi connectivity index (χ0) is 21.1. The van der Waals surface area contributed by atoms with E-state index < -0.39 is 6.04 Å². The number of nitrogens with one attached hydrogen (secondary N) is 1. The zero-order valence-electron chi connectivity index (χ0n) is 16.7. The van der Waals surface area contributed by atoms with E-state index in [4.69, 9.17) is 9.47 Å². The summed E-state index contributed by atoms with van der Waals surface area (Å²) in [6, 6.07) is 8.53. The van der Waals surface area contributed by atoms with Crippen molar-refractivity contribution < 1.29 is 19.1 Å². The Bertz CT molecular complexity index is 925. The van der Waals surface area contributed by atoms with Crippen molar-refractivity contribution in [2.24, 2.45) is 0 Å². The fraction of sp³-hybridized carbons (Fsp3) is 0.333. The van der Waals surface area contributed by atoms with Crippen molar-refractivity contribution in [2.45, 2.75) is 19.9 Å². The van der Waals surface area contributed by atoms with E-state index in [9.17, 15) is 9.59 Å². The van der Waals surface area contributed by atoms with Gasteiger partial charge in [-0.3, -0.25) is 9.59 Å². The van der Waals surface area contributed by atoms with Gasteiger partial charge in [-0.25, -0.2) is 0 Å². The Labute approximate surface area is 183 Å². The molecule has 1 N–H and O–H groups in total. The van der Waals surface area contributed by atoms with Crippen LogP contribution in [0, 0.1) is 13.8 Å². The molecule has 0 radical (unpaired) electrons. The fourth-order valence-electron chi connectivity index (χ4n) is 3.06. The molecule has 29 heavy (non-hydrogen) atoms. The van der Waals surface area contributed by atoms with Crippen LogP contribution in [-0.4, -0.2) is 48.6 Å². The summed E-state index contributed by atoms with van der Waals surface area (Å²) in [5.74, 6) is 1.56. The molecule has 0 aromatic heterocycles. The molecule has 1 unspecified atom stereocenters. The number of nitrogens with zero attached hydrogens (tertiary/aromatic N) is 1. The summed E-state index contributed by atoms with van der Waals surface area (Å²) < 4.78 is 11.3. The van der Waals surface area contributed by atoms with Crippen LogP contribution in [0.2, 0.25) is 0 Å². The highest BCUT2D eigenvalue weighted by Gasteiger charge is 2.35. The van der Waals surface area contributed by atoms with Crippen molar-refractivity contribution >= 4 is 45.2 Å². The number of carbonyl (C=O) groups is 2. The lowest BCUT2D eigenvalue weighted by atomic mass is 10.1. The first-order chi connectivity index (χ1) is 13.8. The van der Waals surface area contributed by atoms with Gasteiger partial charge in [-0.05, 0) is 65.2 Å². The number of benzene rings is 2. The van der Waals surface area contributed by atoms with Crippen molar-refractivity contribution in [3.05, 3.63) is 51.5 Å². The Morgan fingerprint density at radius 3 is 2.34 bits per heavy atom. The fourth-order valence-corrected chi connectivity index (χ4v) is 4.77. The maximum absolute atomic E-state index is 13.2. The standard InChI is InChI=1S/C21H23BrN2O4S/c1-12-5-6-15(7-13(12)2)23-20(25)16-10-29-11-24(16)21(26)14-8-17(27-3)19(22)18(9-14)28-4/h5-9,16H,10-11H2,1-4H3,(H,23,25). The third-order valence-corrected chi connectivity index (χ3v) is 6.71. The van der Waals surface area contributed by atoms with Gasteiger partial charge < -0.3 is 19.7 Å². The van der Waals surface area contributed by atoms with Crippen LogP contribution in [0.5, 0.6) is 11.5 Å². The van der Waals surface area contributed by atoms with E-state index in [0.717, 1.165) is 16.8 Å².